The molecule has 0 spiro atoms. The summed E-state index contributed by atoms with van der Waals surface area (Å²) in [6, 6.07) is 23.0. The number of aliphatic hydroxyl groups is 2. The Hall–Kier alpha value is -2.99. The first-order valence-corrected chi connectivity index (χ1v) is 18.2. The fourth-order valence-electron chi connectivity index (χ4n) is 8.43. The molecule has 5 N–H and O–H groups in total. The van der Waals surface area contributed by atoms with Crippen molar-refractivity contribution < 1.29 is 51.1 Å². The predicted molar refractivity (Wildman–Crippen MR) is 190 cm³/mol. The van der Waals surface area contributed by atoms with E-state index in [9.17, 15) is 20.1 Å². The molecule has 4 aliphatic rings. The average Bonchev–Trinajstić information content (AvgIpc) is 3.70. The van der Waals surface area contributed by atoms with Crippen LogP contribution >= 0.6 is 0 Å². The second-order valence-corrected chi connectivity index (χ2v) is 14.6. The molecule has 0 aromatic heterocycles. The van der Waals surface area contributed by atoms with E-state index in [4.69, 9.17) is 9.47 Å². The summed E-state index contributed by atoms with van der Waals surface area (Å²) >= 11 is 0. The molecule has 4 atom stereocenters. The Morgan fingerprint density at radius 1 is 0.980 bits per heavy atom. The van der Waals surface area contributed by atoms with Crippen molar-refractivity contribution in [3.8, 4) is 11.5 Å². The number of benzene rings is 3. The fraction of sp³-hybridized carbons (Fsp3) is 0.525. The van der Waals surface area contributed by atoms with Crippen LogP contribution in [-0.2, 0) is 15.1 Å². The lowest BCUT2D eigenvalue weighted by Gasteiger charge is -2.53. The highest BCUT2D eigenvalue weighted by Crippen LogP contribution is 2.43. The molecule has 3 saturated heterocycles. The highest BCUT2D eigenvalue weighted by Gasteiger charge is 2.48. The van der Waals surface area contributed by atoms with Gasteiger partial charge in [-0.05, 0) is 66.6 Å². The number of carbonyl (C=O) groups is 1. The zero-order chi connectivity index (χ0) is 34.3. The number of piperidine rings is 3. The van der Waals surface area contributed by atoms with Gasteiger partial charge in [-0.25, -0.2) is 0 Å². The first kappa shape index (κ1) is 38.2. The van der Waals surface area contributed by atoms with Crippen molar-refractivity contribution in [2.75, 3.05) is 51.3 Å². The summed E-state index contributed by atoms with van der Waals surface area (Å²) in [7, 11) is 0. The number of carbonyl (C=O) groups excluding carboxylic acids is 1. The number of halogens is 1. The highest BCUT2D eigenvalue weighted by atomic mass is 79.9. The van der Waals surface area contributed by atoms with Crippen molar-refractivity contribution in [1.29, 1.82) is 0 Å². The van der Waals surface area contributed by atoms with Gasteiger partial charge in [0.05, 0.1) is 44.6 Å². The molecule has 7 rings (SSSR count). The number of hydrogen-bond donors (Lipinski definition) is 5. The predicted octanol–water partition coefficient (Wildman–Crippen LogP) is 2.82. The van der Waals surface area contributed by atoms with E-state index in [1.54, 1.807) is 12.1 Å². The first-order chi connectivity index (χ1) is 23.8. The summed E-state index contributed by atoms with van der Waals surface area (Å²) in [5.74, 6) is 1.65. The van der Waals surface area contributed by atoms with Gasteiger partial charge < -0.3 is 56.9 Å². The second-order valence-electron chi connectivity index (χ2n) is 14.6. The number of fused-ring (bicyclic) bond motifs is 3. The molecule has 9 nitrogen and oxygen atoms in total. The molecule has 3 heterocycles. The summed E-state index contributed by atoms with van der Waals surface area (Å²) < 4.78 is 14.0. The Morgan fingerprint density at radius 3 is 2.38 bits per heavy atom. The van der Waals surface area contributed by atoms with Crippen molar-refractivity contribution in [3.05, 3.63) is 89.5 Å². The van der Waals surface area contributed by atoms with E-state index in [1.165, 1.54) is 44.8 Å². The third-order valence-electron chi connectivity index (χ3n) is 11.5. The quantitative estimate of drug-likeness (QED) is 0.0624. The van der Waals surface area contributed by atoms with Crippen molar-refractivity contribution in [1.82, 2.24) is 5.32 Å². The number of ether oxygens (including phenoxy) is 2. The number of rotatable bonds is 17. The van der Waals surface area contributed by atoms with Crippen LogP contribution in [0.4, 0.5) is 5.69 Å². The summed E-state index contributed by atoms with van der Waals surface area (Å²) in [6.45, 7) is 7.91. The highest BCUT2D eigenvalue weighted by molar-refractivity contribution is 5.75. The van der Waals surface area contributed by atoms with Gasteiger partial charge in [-0.1, -0.05) is 61.4 Å². The van der Waals surface area contributed by atoms with Crippen LogP contribution in [0.3, 0.4) is 0 Å². The van der Waals surface area contributed by atoms with Gasteiger partial charge in [0.1, 0.15) is 29.7 Å². The third-order valence-corrected chi connectivity index (χ3v) is 11.5. The Kier molecular flexibility index (Phi) is 13.4. The van der Waals surface area contributed by atoms with E-state index in [-0.39, 0.29) is 46.5 Å². The van der Waals surface area contributed by atoms with Crippen molar-refractivity contribution in [3.63, 3.8) is 0 Å². The molecule has 10 heteroatoms. The van der Waals surface area contributed by atoms with Crippen LogP contribution < -0.4 is 32.4 Å². The molecule has 272 valence electrons. The Morgan fingerprint density at radius 2 is 1.68 bits per heavy atom. The number of hydrogen-bond acceptors (Lipinski definition) is 7. The molecule has 4 fully saturated rings. The smallest absolute Gasteiger partial charge is 0.211 e. The van der Waals surface area contributed by atoms with Crippen LogP contribution in [0.2, 0.25) is 0 Å². The largest absolute Gasteiger partial charge is 1.00 e. The van der Waals surface area contributed by atoms with Gasteiger partial charge in [0.25, 0.3) is 0 Å². The summed E-state index contributed by atoms with van der Waals surface area (Å²) in [5.41, 5.74) is 2.03. The first-order valence-electron chi connectivity index (χ1n) is 18.2. The topological polar surface area (TPSA) is 120 Å². The number of anilines is 1. The van der Waals surface area contributed by atoms with E-state index < -0.39 is 11.7 Å². The van der Waals surface area contributed by atoms with Crippen molar-refractivity contribution in [2.45, 2.75) is 75.7 Å². The van der Waals surface area contributed by atoms with Gasteiger partial charge in [0.2, 0.25) is 6.41 Å². The number of nitrogens with zero attached hydrogens (tertiary/aromatic N) is 1. The molecule has 1 saturated carbocycles. The number of aromatic hydroxyl groups is 1. The maximum Gasteiger partial charge on any atom is 0.211 e. The molecule has 50 heavy (non-hydrogen) atoms. The molecule has 3 aliphatic heterocycles. The Bertz CT molecular complexity index is 1500. The number of amides is 1. The van der Waals surface area contributed by atoms with E-state index in [0.29, 0.717) is 37.6 Å². The van der Waals surface area contributed by atoms with Gasteiger partial charge in [-0.3, -0.25) is 4.79 Å². The molecular weight excluding hydrogens is 698 g/mol. The summed E-state index contributed by atoms with van der Waals surface area (Å²) in [4.78, 5) is 10.8. The maximum atomic E-state index is 12.0. The summed E-state index contributed by atoms with van der Waals surface area (Å²) in [6.07, 6.45) is 7.76. The molecule has 1 amide bonds. The number of phenols is 1. The van der Waals surface area contributed by atoms with Crippen LogP contribution in [0, 0.1) is 11.8 Å². The van der Waals surface area contributed by atoms with Crippen LogP contribution in [0.5, 0.6) is 11.5 Å². The van der Waals surface area contributed by atoms with Gasteiger partial charge in [0.15, 0.2) is 0 Å². The molecule has 1 aliphatic carbocycles. The van der Waals surface area contributed by atoms with Crippen LogP contribution in [0.15, 0.2) is 72.8 Å². The maximum absolute atomic E-state index is 12.0. The SMILES string of the molecule is C[C@H](NC[C@H](O)c1ccc(O)c(NC=O)c1)c1ccc(OCCC[N+]23CCC(CC2)[C@@H](OC[C@@](O)(c2ccccc2)C2CCCC2)C3)cc1.[Br-]. The van der Waals surface area contributed by atoms with Crippen LogP contribution in [-0.4, -0.2) is 78.3 Å². The minimum atomic E-state index is -0.915. The second kappa shape index (κ2) is 17.5. The van der Waals surface area contributed by atoms with Gasteiger partial charge in [0, 0.05) is 37.8 Å². The monoisotopic (exact) mass is 751 g/mol. The number of nitrogens with one attached hydrogen (secondary N) is 2. The molecule has 3 aromatic rings. The number of phenolic OH excluding ortho intramolecular Hbond substituents is 1. The van der Waals surface area contributed by atoms with E-state index in [0.717, 1.165) is 53.7 Å². The lowest BCUT2D eigenvalue weighted by atomic mass is 9.80. The molecule has 3 aromatic carbocycles. The number of aliphatic hydroxyl groups excluding tert-OH is 1. The van der Waals surface area contributed by atoms with Crippen molar-refractivity contribution >= 4 is 12.1 Å². The lowest BCUT2D eigenvalue weighted by molar-refractivity contribution is -0.946. The van der Waals surface area contributed by atoms with Crippen LogP contribution in [0.1, 0.15) is 80.7 Å². The zero-order valence-corrected chi connectivity index (χ0v) is 30.8. The molecule has 0 radical (unpaired) electrons. The number of quaternary nitrogens is 1. The minimum Gasteiger partial charge on any atom is -1.00 e. The van der Waals surface area contributed by atoms with E-state index in [1.807, 2.05) is 49.4 Å². The Balaban J connectivity index is 0.00000486. The third kappa shape index (κ3) is 9.08. The lowest BCUT2D eigenvalue weighted by Crippen LogP contribution is -3.00. The Labute approximate surface area is 307 Å². The van der Waals surface area contributed by atoms with Gasteiger partial charge in [-0.2, -0.15) is 0 Å². The van der Waals surface area contributed by atoms with Crippen LogP contribution in [0.25, 0.3) is 0 Å². The zero-order valence-electron chi connectivity index (χ0n) is 29.2. The summed E-state index contributed by atoms with van der Waals surface area (Å²) in [5, 5.41) is 38.3. The van der Waals surface area contributed by atoms with Gasteiger partial charge in [-0.15, -0.1) is 0 Å². The van der Waals surface area contributed by atoms with Gasteiger partial charge >= 0.3 is 0 Å². The van der Waals surface area contributed by atoms with Crippen molar-refractivity contribution in [2.24, 2.45) is 11.8 Å². The normalized spacial score (nSPS) is 24.1. The molecule has 0 unspecified atom stereocenters. The minimum absolute atomic E-state index is 0. The average molecular weight is 753 g/mol. The molecule has 2 bridgehead atoms. The fourth-order valence-corrected chi connectivity index (χ4v) is 8.43. The van der Waals surface area contributed by atoms with E-state index in [2.05, 4.69) is 22.8 Å². The van der Waals surface area contributed by atoms with E-state index >= 15 is 0 Å². The molecular formula is C40H54BrN3O6. The standard InChI is InChI=1S/C40H53N3O6.BrH/c1-29(41-25-38(46)32-14-17-37(45)36(24-32)42-28-44)30-12-15-35(16-13-30)48-23-7-20-43-21-18-31(19-22-43)39(26-43)49-27-40(47,34-10-5-6-11-34)33-8-3-2-4-9-33;/h2-4,8-9,12-17,24,28-29,31,34,38-39,41,46-47H,5-7,10-11,18-23,25-27H2,1H3,(H-,42,44,45);1H/t29-,31?,38-,39-,40+,43?;/m0./s1.